The van der Waals surface area contributed by atoms with E-state index in [0.29, 0.717) is 11.5 Å². The zero-order valence-electron chi connectivity index (χ0n) is 29.3. The van der Waals surface area contributed by atoms with Crippen molar-refractivity contribution in [3.05, 3.63) is 120 Å². The van der Waals surface area contributed by atoms with Crippen LogP contribution in [0.5, 0.6) is 23.0 Å². The minimum Gasteiger partial charge on any atom is -0.488 e. The average Bonchev–Trinajstić information content (AvgIpc) is 3.06. The van der Waals surface area contributed by atoms with Crippen molar-refractivity contribution in [2.24, 2.45) is 0 Å². The predicted octanol–water partition coefficient (Wildman–Crippen LogP) is 9.66. The quantitative estimate of drug-likeness (QED) is 0.127. The molecule has 0 fully saturated rings. The minimum atomic E-state index is -1.05. The van der Waals surface area contributed by atoms with Gasteiger partial charge in [0.2, 0.25) is 0 Å². The number of hydrogen-bond donors (Lipinski definition) is 1. The number of ether oxygens (including phenoxy) is 5. The molecular weight excluding hydrogens is 628 g/mol. The SMILES string of the molecule is CC(C)(C)OC(=O)COc1ccc2c3c(ccc2c1)Oc1ccc2cc(OCC(O)OC(C)(C)C)ccc2c1C3c1ccc2ccccc2c1. The molecule has 0 amide bonds. The third-order valence-electron chi connectivity index (χ3n) is 8.55. The molecule has 6 aromatic rings. The van der Waals surface area contributed by atoms with E-state index in [1.807, 2.05) is 96.1 Å². The zero-order valence-corrected chi connectivity index (χ0v) is 29.3. The summed E-state index contributed by atoms with van der Waals surface area (Å²) < 4.78 is 29.5. The van der Waals surface area contributed by atoms with E-state index in [1.54, 1.807) is 0 Å². The lowest BCUT2D eigenvalue weighted by Gasteiger charge is -2.31. The summed E-state index contributed by atoms with van der Waals surface area (Å²) >= 11 is 0. The Balaban J connectivity index is 1.31. The number of benzene rings is 6. The Morgan fingerprint density at radius 2 is 1.26 bits per heavy atom. The van der Waals surface area contributed by atoms with Crippen molar-refractivity contribution < 1.29 is 33.6 Å². The lowest BCUT2D eigenvalue weighted by Crippen LogP contribution is -2.31. The molecule has 7 heteroatoms. The van der Waals surface area contributed by atoms with Crippen LogP contribution in [-0.2, 0) is 14.3 Å². The standard InChI is InChI=1S/C43H42O7/c1-42(2,3)49-37(44)24-46-31-15-17-33-28(22-31)13-19-35-40(33)39(30-12-11-26-9-7-8-10-27(26)21-30)41-34-18-16-32(23-29(34)14-20-36(41)48-35)47-25-38(45)50-43(4,5)6/h7-23,37,39,44H,24-25H2,1-6H3. The summed E-state index contributed by atoms with van der Waals surface area (Å²) in [5.74, 6) is 2.23. The van der Waals surface area contributed by atoms with Crippen LogP contribution in [0.1, 0.15) is 64.2 Å². The van der Waals surface area contributed by atoms with E-state index in [4.69, 9.17) is 23.7 Å². The molecule has 0 aliphatic carbocycles. The smallest absolute Gasteiger partial charge is 0.344 e. The topological polar surface area (TPSA) is 83.5 Å². The molecule has 0 bridgehead atoms. The predicted molar refractivity (Wildman–Crippen MR) is 197 cm³/mol. The Bertz CT molecular complexity index is 2220. The first-order valence-corrected chi connectivity index (χ1v) is 16.9. The van der Waals surface area contributed by atoms with Gasteiger partial charge in [0.1, 0.15) is 35.2 Å². The number of esters is 1. The van der Waals surface area contributed by atoms with Gasteiger partial charge in [-0.2, -0.15) is 0 Å². The van der Waals surface area contributed by atoms with Crippen LogP contribution in [0.25, 0.3) is 32.3 Å². The monoisotopic (exact) mass is 670 g/mol. The molecule has 0 spiro atoms. The van der Waals surface area contributed by atoms with Gasteiger partial charge in [-0.1, -0.05) is 66.7 Å². The van der Waals surface area contributed by atoms with Crippen LogP contribution in [0.4, 0.5) is 0 Å². The van der Waals surface area contributed by atoms with E-state index < -0.39 is 23.5 Å². The molecule has 1 aliphatic heterocycles. The highest BCUT2D eigenvalue weighted by atomic mass is 16.6. The molecule has 50 heavy (non-hydrogen) atoms. The van der Waals surface area contributed by atoms with Crippen molar-refractivity contribution >= 4 is 38.3 Å². The van der Waals surface area contributed by atoms with Gasteiger partial charge in [-0.3, -0.25) is 0 Å². The second kappa shape index (κ2) is 13.0. The molecular formula is C43H42O7. The van der Waals surface area contributed by atoms with Gasteiger partial charge >= 0.3 is 5.97 Å². The van der Waals surface area contributed by atoms with Crippen molar-refractivity contribution in [2.75, 3.05) is 13.2 Å². The average molecular weight is 671 g/mol. The molecule has 0 radical (unpaired) electrons. The second-order valence-corrected chi connectivity index (χ2v) is 14.7. The van der Waals surface area contributed by atoms with Crippen LogP contribution in [0.3, 0.4) is 0 Å². The number of aliphatic hydroxyl groups is 1. The Labute approximate surface area is 292 Å². The van der Waals surface area contributed by atoms with Crippen molar-refractivity contribution in [1.82, 2.24) is 0 Å². The third kappa shape index (κ3) is 7.11. The summed E-state index contributed by atoms with van der Waals surface area (Å²) in [4.78, 5) is 12.4. The lowest BCUT2D eigenvalue weighted by molar-refractivity contribution is -0.178. The van der Waals surface area contributed by atoms with Crippen molar-refractivity contribution in [3.63, 3.8) is 0 Å². The summed E-state index contributed by atoms with van der Waals surface area (Å²) in [6.45, 7) is 11.0. The summed E-state index contributed by atoms with van der Waals surface area (Å²) in [6, 6.07) is 35.0. The molecule has 7 rings (SSSR count). The molecule has 1 aliphatic rings. The molecule has 2 atom stereocenters. The largest absolute Gasteiger partial charge is 0.488 e. The summed E-state index contributed by atoms with van der Waals surface area (Å²) in [6.07, 6.45) is -1.05. The van der Waals surface area contributed by atoms with Gasteiger partial charge in [0.05, 0.1) is 5.60 Å². The zero-order chi connectivity index (χ0) is 35.2. The van der Waals surface area contributed by atoms with Gasteiger partial charge < -0.3 is 28.8 Å². The number of carbonyl (C=O) groups is 1. The highest BCUT2D eigenvalue weighted by Gasteiger charge is 2.32. The van der Waals surface area contributed by atoms with E-state index in [2.05, 4.69) is 48.5 Å². The van der Waals surface area contributed by atoms with Crippen LogP contribution in [-0.4, -0.2) is 41.8 Å². The van der Waals surface area contributed by atoms with Gasteiger partial charge in [0.15, 0.2) is 12.9 Å². The maximum atomic E-state index is 12.4. The Kier molecular flexibility index (Phi) is 8.66. The Morgan fingerprint density at radius 1 is 0.680 bits per heavy atom. The van der Waals surface area contributed by atoms with Crippen molar-refractivity contribution in [1.29, 1.82) is 0 Å². The molecule has 0 saturated heterocycles. The fourth-order valence-electron chi connectivity index (χ4n) is 6.68. The molecule has 0 saturated carbocycles. The van der Waals surface area contributed by atoms with E-state index in [-0.39, 0.29) is 19.1 Å². The van der Waals surface area contributed by atoms with Gasteiger partial charge in [-0.05, 0) is 116 Å². The van der Waals surface area contributed by atoms with Crippen LogP contribution in [0.2, 0.25) is 0 Å². The Hall–Kier alpha value is -5.11. The molecule has 6 aromatic carbocycles. The molecule has 1 N–H and O–H groups in total. The van der Waals surface area contributed by atoms with Gasteiger partial charge in [0.25, 0.3) is 0 Å². The first kappa shape index (κ1) is 33.4. The molecule has 0 aromatic heterocycles. The van der Waals surface area contributed by atoms with E-state index in [1.165, 1.54) is 5.39 Å². The highest BCUT2D eigenvalue weighted by Crippen LogP contribution is 2.53. The first-order valence-electron chi connectivity index (χ1n) is 16.9. The minimum absolute atomic E-state index is 0.0133. The molecule has 1 heterocycles. The maximum Gasteiger partial charge on any atom is 0.344 e. The lowest BCUT2D eigenvalue weighted by atomic mass is 9.78. The van der Waals surface area contributed by atoms with Crippen molar-refractivity contribution in [2.45, 2.75) is 65.0 Å². The third-order valence-corrected chi connectivity index (χ3v) is 8.55. The normalized spacial score (nSPS) is 14.9. The van der Waals surface area contributed by atoms with Gasteiger partial charge in [0, 0.05) is 17.0 Å². The van der Waals surface area contributed by atoms with Crippen LogP contribution in [0.15, 0.2) is 103 Å². The number of aliphatic hydroxyl groups excluding tert-OH is 1. The van der Waals surface area contributed by atoms with Crippen LogP contribution in [0, 0.1) is 0 Å². The number of hydrogen-bond acceptors (Lipinski definition) is 7. The summed E-state index contributed by atoms with van der Waals surface area (Å²) in [5.41, 5.74) is 2.18. The van der Waals surface area contributed by atoms with Gasteiger partial charge in [-0.25, -0.2) is 4.79 Å². The van der Waals surface area contributed by atoms with E-state index in [9.17, 15) is 9.90 Å². The number of rotatable bonds is 8. The number of fused-ring (bicyclic) bond motifs is 7. The first-order chi connectivity index (χ1) is 23.8. The summed E-state index contributed by atoms with van der Waals surface area (Å²) in [7, 11) is 0. The van der Waals surface area contributed by atoms with E-state index in [0.717, 1.165) is 55.1 Å². The fraction of sp³-hybridized carbons (Fsp3) is 0.279. The molecule has 2 unspecified atom stereocenters. The maximum absolute atomic E-state index is 12.4. The fourth-order valence-corrected chi connectivity index (χ4v) is 6.68. The van der Waals surface area contributed by atoms with Crippen molar-refractivity contribution in [3.8, 4) is 23.0 Å². The molecule has 256 valence electrons. The van der Waals surface area contributed by atoms with E-state index >= 15 is 0 Å². The highest BCUT2D eigenvalue weighted by molar-refractivity contribution is 5.96. The molecule has 7 nitrogen and oxygen atoms in total. The number of carbonyl (C=O) groups excluding carboxylic acids is 1. The summed E-state index contributed by atoms with van der Waals surface area (Å²) in [5, 5.41) is 16.7. The van der Waals surface area contributed by atoms with Crippen LogP contribution < -0.4 is 14.2 Å². The second-order valence-electron chi connectivity index (χ2n) is 14.7. The Morgan fingerprint density at radius 3 is 1.86 bits per heavy atom. The van der Waals surface area contributed by atoms with Crippen LogP contribution >= 0.6 is 0 Å². The van der Waals surface area contributed by atoms with Gasteiger partial charge in [-0.15, -0.1) is 0 Å².